The SMILES string of the molecule is O=C(CCN(CC1CC1)S(=O)(=O)c1ccccc1[N+](=O)[O-])Nc1ccc(N2CCN(C(=O)Nc3c(Cl)cccc3Cl)CC2)cc1. The molecule has 2 N–H and O–H groups in total. The fourth-order valence-electron chi connectivity index (χ4n) is 5.04. The van der Waals surface area contributed by atoms with E-state index in [0.29, 0.717) is 47.6 Å². The molecule has 3 aromatic carbocycles. The van der Waals surface area contributed by atoms with Crippen LogP contribution in [0, 0.1) is 16.0 Å². The lowest BCUT2D eigenvalue weighted by Crippen LogP contribution is -2.50. The van der Waals surface area contributed by atoms with Gasteiger partial charge in [0.2, 0.25) is 15.9 Å². The maximum atomic E-state index is 13.4. The molecule has 3 aromatic rings. The van der Waals surface area contributed by atoms with Crippen LogP contribution in [0.15, 0.2) is 71.6 Å². The summed E-state index contributed by atoms with van der Waals surface area (Å²) in [6.45, 7) is 2.27. The summed E-state index contributed by atoms with van der Waals surface area (Å²) in [5, 5.41) is 17.8. The van der Waals surface area contributed by atoms with Crippen LogP contribution >= 0.6 is 23.2 Å². The van der Waals surface area contributed by atoms with E-state index in [1.165, 1.54) is 22.5 Å². The molecular weight excluding hydrogens is 643 g/mol. The summed E-state index contributed by atoms with van der Waals surface area (Å²) in [5.74, 6) is -0.199. The molecule has 3 amide bonds. The number of hydrogen-bond acceptors (Lipinski definition) is 7. The van der Waals surface area contributed by atoms with Gasteiger partial charge in [-0.25, -0.2) is 13.2 Å². The number of amides is 3. The Bertz CT molecular complexity index is 1660. The molecule has 1 aliphatic carbocycles. The van der Waals surface area contributed by atoms with Gasteiger partial charge in [-0.15, -0.1) is 0 Å². The fourth-order valence-corrected chi connectivity index (χ4v) is 7.21. The average molecular weight is 676 g/mol. The smallest absolute Gasteiger partial charge is 0.322 e. The number of carbonyl (C=O) groups is 2. The van der Waals surface area contributed by atoms with Crippen LogP contribution in [-0.4, -0.2) is 73.8 Å². The van der Waals surface area contributed by atoms with Crippen LogP contribution in [-0.2, 0) is 14.8 Å². The molecule has 45 heavy (non-hydrogen) atoms. The van der Waals surface area contributed by atoms with Gasteiger partial charge < -0.3 is 20.4 Å². The zero-order valence-electron chi connectivity index (χ0n) is 24.2. The second-order valence-corrected chi connectivity index (χ2v) is 13.6. The van der Waals surface area contributed by atoms with Gasteiger partial charge >= 0.3 is 6.03 Å². The number of piperazine rings is 1. The molecule has 1 heterocycles. The molecule has 0 unspecified atom stereocenters. The number of benzene rings is 3. The van der Waals surface area contributed by atoms with Crippen molar-refractivity contribution >= 4 is 67.9 Å². The molecule has 1 aliphatic heterocycles. The molecule has 12 nitrogen and oxygen atoms in total. The Morgan fingerprint density at radius 3 is 2.18 bits per heavy atom. The topological polar surface area (TPSA) is 145 Å². The predicted molar refractivity (Wildman–Crippen MR) is 174 cm³/mol. The highest BCUT2D eigenvalue weighted by atomic mass is 35.5. The number of rotatable bonds is 11. The van der Waals surface area contributed by atoms with Crippen LogP contribution < -0.4 is 15.5 Å². The summed E-state index contributed by atoms with van der Waals surface area (Å²) >= 11 is 12.3. The predicted octanol–water partition coefficient (Wildman–Crippen LogP) is 5.69. The monoisotopic (exact) mass is 674 g/mol. The van der Waals surface area contributed by atoms with E-state index in [1.807, 2.05) is 12.1 Å². The van der Waals surface area contributed by atoms with E-state index in [-0.39, 0.29) is 42.3 Å². The lowest BCUT2D eigenvalue weighted by Gasteiger charge is -2.36. The standard InChI is InChI=1S/C30H32Cl2N6O6S/c31-24-4-3-5-25(32)29(24)34-30(40)36-18-16-35(17-19-36)23-12-10-22(11-13-23)33-28(39)14-15-37(20-21-8-9-21)45(43,44)27-7-2-1-6-26(27)38(41)42/h1-7,10-13,21H,8-9,14-20H2,(H,33,39)(H,34,40). The fraction of sp³-hybridized carbons (Fsp3) is 0.333. The van der Waals surface area contributed by atoms with Gasteiger partial charge in [0.1, 0.15) is 0 Å². The van der Waals surface area contributed by atoms with Crippen molar-refractivity contribution in [2.24, 2.45) is 5.92 Å². The molecule has 0 atom stereocenters. The normalized spacial score (nSPS) is 15.2. The summed E-state index contributed by atoms with van der Waals surface area (Å²) in [7, 11) is -4.18. The highest BCUT2D eigenvalue weighted by Crippen LogP contribution is 2.34. The average Bonchev–Trinajstić information content (AvgIpc) is 3.86. The van der Waals surface area contributed by atoms with Gasteiger partial charge in [0.05, 0.1) is 20.7 Å². The molecule has 15 heteroatoms. The summed E-state index contributed by atoms with van der Waals surface area (Å²) in [5.41, 5.74) is 1.36. The highest BCUT2D eigenvalue weighted by molar-refractivity contribution is 7.89. The number of nitro benzene ring substituents is 1. The minimum atomic E-state index is -4.18. The minimum absolute atomic E-state index is 0.102. The Balaban J connectivity index is 1.13. The number of nitrogens with zero attached hydrogens (tertiary/aromatic N) is 4. The van der Waals surface area contributed by atoms with Gasteiger partial charge in [0.25, 0.3) is 5.69 Å². The molecule has 0 radical (unpaired) electrons. The number of urea groups is 1. The van der Waals surface area contributed by atoms with E-state index in [2.05, 4.69) is 15.5 Å². The lowest BCUT2D eigenvalue weighted by atomic mass is 10.2. The molecule has 2 fully saturated rings. The number of halogens is 2. The van der Waals surface area contributed by atoms with Crippen molar-refractivity contribution in [3.05, 3.63) is 86.9 Å². The van der Waals surface area contributed by atoms with Gasteiger partial charge in [-0.1, -0.05) is 41.4 Å². The van der Waals surface area contributed by atoms with Crippen LogP contribution in [0.4, 0.5) is 27.5 Å². The van der Waals surface area contributed by atoms with Crippen LogP contribution in [0.3, 0.4) is 0 Å². The first-order chi connectivity index (χ1) is 21.5. The van der Waals surface area contributed by atoms with Crippen LogP contribution in [0.25, 0.3) is 0 Å². The zero-order chi connectivity index (χ0) is 32.1. The van der Waals surface area contributed by atoms with E-state index in [0.717, 1.165) is 24.6 Å². The molecule has 1 saturated heterocycles. The molecule has 238 valence electrons. The van der Waals surface area contributed by atoms with Crippen molar-refractivity contribution in [2.75, 3.05) is 54.8 Å². The van der Waals surface area contributed by atoms with Crippen LogP contribution in [0.5, 0.6) is 0 Å². The summed E-state index contributed by atoms with van der Waals surface area (Å²) in [4.78, 5) is 39.8. The number of nitrogens with one attached hydrogen (secondary N) is 2. The van der Waals surface area contributed by atoms with Crippen molar-refractivity contribution in [1.29, 1.82) is 0 Å². The number of hydrogen-bond donors (Lipinski definition) is 2. The third-order valence-electron chi connectivity index (χ3n) is 7.70. The van der Waals surface area contributed by atoms with Gasteiger partial charge in [-0.05, 0) is 61.2 Å². The molecule has 0 spiro atoms. The minimum Gasteiger partial charge on any atom is -0.368 e. The molecule has 0 bridgehead atoms. The van der Waals surface area contributed by atoms with Gasteiger partial charge in [0, 0.05) is 63.1 Å². The first-order valence-electron chi connectivity index (χ1n) is 14.4. The Morgan fingerprint density at radius 1 is 0.911 bits per heavy atom. The van der Waals surface area contributed by atoms with E-state index in [9.17, 15) is 28.1 Å². The van der Waals surface area contributed by atoms with Crippen molar-refractivity contribution < 1.29 is 22.9 Å². The van der Waals surface area contributed by atoms with E-state index < -0.39 is 20.6 Å². The Kier molecular flexibility index (Phi) is 10.1. The number of carbonyl (C=O) groups excluding carboxylic acids is 2. The molecule has 2 aliphatic rings. The van der Waals surface area contributed by atoms with Crippen molar-refractivity contribution in [3.8, 4) is 0 Å². The van der Waals surface area contributed by atoms with Crippen molar-refractivity contribution in [1.82, 2.24) is 9.21 Å². The number of sulfonamides is 1. The van der Waals surface area contributed by atoms with E-state index >= 15 is 0 Å². The third kappa shape index (κ3) is 8.03. The maximum absolute atomic E-state index is 13.4. The first-order valence-corrected chi connectivity index (χ1v) is 16.6. The molecule has 1 saturated carbocycles. The van der Waals surface area contributed by atoms with Gasteiger partial charge in [-0.2, -0.15) is 4.31 Å². The lowest BCUT2D eigenvalue weighted by molar-refractivity contribution is -0.387. The van der Waals surface area contributed by atoms with Crippen molar-refractivity contribution in [2.45, 2.75) is 24.2 Å². The highest BCUT2D eigenvalue weighted by Gasteiger charge is 2.35. The quantitative estimate of drug-likeness (QED) is 0.196. The molecule has 0 aromatic heterocycles. The number of para-hydroxylation sites is 2. The van der Waals surface area contributed by atoms with Crippen LogP contribution in [0.1, 0.15) is 19.3 Å². The zero-order valence-corrected chi connectivity index (χ0v) is 26.5. The first kappa shape index (κ1) is 32.5. The second-order valence-electron chi connectivity index (χ2n) is 10.9. The Labute approximate surface area is 271 Å². The number of nitro groups is 1. The van der Waals surface area contributed by atoms with Gasteiger partial charge in [-0.3, -0.25) is 14.9 Å². The van der Waals surface area contributed by atoms with E-state index in [1.54, 1.807) is 35.2 Å². The second kappa shape index (κ2) is 14.0. The number of anilines is 3. The molecular formula is C30H32Cl2N6O6S. The van der Waals surface area contributed by atoms with Crippen LogP contribution in [0.2, 0.25) is 10.0 Å². The molecule has 5 rings (SSSR count). The Hall–Kier alpha value is -3.91. The van der Waals surface area contributed by atoms with Crippen molar-refractivity contribution in [3.63, 3.8) is 0 Å². The Morgan fingerprint density at radius 2 is 1.56 bits per heavy atom. The third-order valence-corrected chi connectivity index (χ3v) is 10.2. The summed E-state index contributed by atoms with van der Waals surface area (Å²) in [6, 6.07) is 17.2. The largest absolute Gasteiger partial charge is 0.368 e. The summed E-state index contributed by atoms with van der Waals surface area (Å²) < 4.78 is 28.0. The van der Waals surface area contributed by atoms with Gasteiger partial charge in [0.15, 0.2) is 4.90 Å². The summed E-state index contributed by atoms with van der Waals surface area (Å²) in [6.07, 6.45) is 1.64. The van der Waals surface area contributed by atoms with E-state index in [4.69, 9.17) is 23.2 Å². The maximum Gasteiger partial charge on any atom is 0.322 e.